The molecule has 1 amide bonds. The fourth-order valence-corrected chi connectivity index (χ4v) is 4.59. The number of carbonyl (C=O) groups excluding carboxylic acids is 2. The van der Waals surface area contributed by atoms with E-state index in [4.69, 9.17) is 9.47 Å². The Bertz CT molecular complexity index is 970. The molecule has 2 rings (SSSR count). The van der Waals surface area contributed by atoms with Gasteiger partial charge in [0.05, 0.1) is 12.5 Å². The monoisotopic (exact) mass is 531 g/mol. The Balaban J connectivity index is 2.40. The van der Waals surface area contributed by atoms with Gasteiger partial charge >= 0.3 is 22.3 Å². The maximum Gasteiger partial charge on any atom is 0.410 e. The van der Waals surface area contributed by atoms with Gasteiger partial charge < -0.3 is 19.5 Å². The van der Waals surface area contributed by atoms with Crippen molar-refractivity contribution in [2.75, 3.05) is 13.1 Å². The third-order valence-electron chi connectivity index (χ3n) is 5.26. The normalized spacial score (nSPS) is 20.1. The van der Waals surface area contributed by atoms with Crippen LogP contribution in [0.25, 0.3) is 0 Å². The average Bonchev–Trinajstić information content (AvgIpc) is 3.11. The molecule has 0 radical (unpaired) electrons. The molecular formula is C23H34F5NO5S. The number of aliphatic hydroxyl groups excluding tert-OH is 1. The van der Waals surface area contributed by atoms with Gasteiger partial charge in [-0.05, 0) is 83.6 Å². The molecule has 0 saturated carbocycles. The predicted octanol–water partition coefficient (Wildman–Crippen LogP) is 6.59. The van der Waals surface area contributed by atoms with Gasteiger partial charge in [0.2, 0.25) is 0 Å². The number of hydrogen-bond acceptors (Lipinski definition) is 5. The molecule has 12 heteroatoms. The highest BCUT2D eigenvalue weighted by Crippen LogP contribution is 3.02. The van der Waals surface area contributed by atoms with Crippen LogP contribution in [-0.4, -0.2) is 46.4 Å². The third-order valence-corrected chi connectivity index (χ3v) is 6.39. The number of esters is 1. The Hall–Kier alpha value is -2.08. The number of hydrogen-bond donors (Lipinski definition) is 1. The summed E-state index contributed by atoms with van der Waals surface area (Å²) in [5, 5.41) is 9.37. The molecule has 1 fully saturated rings. The fraction of sp³-hybridized carbons (Fsp3) is 0.652. The van der Waals surface area contributed by atoms with E-state index in [9.17, 15) is 34.1 Å². The van der Waals surface area contributed by atoms with Crippen molar-refractivity contribution in [3.8, 4) is 0 Å². The number of nitrogens with zero attached hydrogens (tertiary/aromatic N) is 1. The molecule has 0 aromatic heterocycles. The summed E-state index contributed by atoms with van der Waals surface area (Å²) in [6.07, 6.45) is -0.582. The van der Waals surface area contributed by atoms with E-state index in [1.165, 1.54) is 4.90 Å². The van der Waals surface area contributed by atoms with Crippen molar-refractivity contribution < 1.29 is 43.6 Å². The minimum absolute atomic E-state index is 0.0902. The number of halogens is 5. The summed E-state index contributed by atoms with van der Waals surface area (Å²) in [6.45, 7) is 9.44. The maximum absolute atomic E-state index is 13.5. The summed E-state index contributed by atoms with van der Waals surface area (Å²) in [5.41, 5.74) is -2.19. The van der Waals surface area contributed by atoms with Crippen LogP contribution in [0.5, 0.6) is 0 Å². The van der Waals surface area contributed by atoms with Gasteiger partial charge in [0.25, 0.3) is 0 Å². The summed E-state index contributed by atoms with van der Waals surface area (Å²) >= 11 is 0. The highest BCUT2D eigenvalue weighted by molar-refractivity contribution is 8.45. The van der Waals surface area contributed by atoms with Crippen molar-refractivity contribution in [2.45, 2.75) is 77.1 Å². The molecule has 1 aliphatic heterocycles. The first-order valence-corrected chi connectivity index (χ1v) is 13.1. The van der Waals surface area contributed by atoms with Gasteiger partial charge in [0, 0.05) is 13.1 Å². The zero-order valence-corrected chi connectivity index (χ0v) is 21.6. The van der Waals surface area contributed by atoms with Gasteiger partial charge in [0.15, 0.2) is 0 Å². The summed E-state index contributed by atoms with van der Waals surface area (Å²) in [6, 6.07) is 1.69. The molecule has 1 N–H and O–H groups in total. The zero-order chi connectivity index (χ0) is 27.1. The number of carbonyl (C=O) groups is 2. The smallest absolute Gasteiger partial charge is 0.410 e. The van der Waals surface area contributed by atoms with Gasteiger partial charge in [-0.3, -0.25) is 4.79 Å². The Kier molecular flexibility index (Phi) is 7.32. The van der Waals surface area contributed by atoms with Crippen molar-refractivity contribution in [1.29, 1.82) is 0 Å². The molecule has 1 aromatic rings. The average molecular weight is 532 g/mol. The lowest BCUT2D eigenvalue weighted by Gasteiger charge is -2.41. The summed E-state index contributed by atoms with van der Waals surface area (Å²) in [5.74, 6) is -2.22. The SMILES string of the molecule is CC(C)(C)OC(=O)[C@@H](Cc1cc(CO)cc(S(F)(F)(F)(F)F)c1)[C@H]1CCN(C(=O)OC(C)(C)C)C1. The highest BCUT2D eigenvalue weighted by atomic mass is 32.5. The first-order valence-electron chi connectivity index (χ1n) is 11.2. The molecule has 0 unspecified atom stereocenters. The van der Waals surface area contributed by atoms with Crippen LogP contribution in [0.1, 0.15) is 59.1 Å². The molecule has 1 saturated heterocycles. The molecule has 1 aromatic carbocycles. The molecule has 1 aliphatic rings. The quantitative estimate of drug-likeness (QED) is 0.331. The minimum Gasteiger partial charge on any atom is -0.460 e. The molecule has 6 nitrogen and oxygen atoms in total. The lowest BCUT2D eigenvalue weighted by atomic mass is 9.85. The van der Waals surface area contributed by atoms with Crippen molar-refractivity contribution >= 4 is 22.3 Å². The second kappa shape index (κ2) is 8.79. The molecule has 0 spiro atoms. The summed E-state index contributed by atoms with van der Waals surface area (Å²) < 4.78 is 78.4. The predicted molar refractivity (Wildman–Crippen MR) is 123 cm³/mol. The van der Waals surface area contributed by atoms with Crippen LogP contribution in [0.15, 0.2) is 23.1 Å². The third kappa shape index (κ3) is 8.82. The lowest BCUT2D eigenvalue weighted by Crippen LogP contribution is -2.38. The number of rotatable bonds is 6. The van der Waals surface area contributed by atoms with E-state index in [1.54, 1.807) is 41.5 Å². The second-order valence-electron chi connectivity index (χ2n) is 10.9. The van der Waals surface area contributed by atoms with Crippen LogP contribution in [0.4, 0.5) is 24.2 Å². The maximum atomic E-state index is 13.5. The van der Waals surface area contributed by atoms with Gasteiger partial charge in [0.1, 0.15) is 16.1 Å². The van der Waals surface area contributed by atoms with Crippen LogP contribution in [-0.2, 0) is 27.3 Å². The van der Waals surface area contributed by atoms with Crippen LogP contribution >= 0.6 is 10.2 Å². The largest absolute Gasteiger partial charge is 0.460 e. The van der Waals surface area contributed by atoms with E-state index in [1.807, 2.05) is 0 Å². The van der Waals surface area contributed by atoms with Crippen molar-refractivity contribution in [3.05, 3.63) is 29.3 Å². The van der Waals surface area contributed by atoms with Crippen LogP contribution < -0.4 is 0 Å². The summed E-state index contributed by atoms with van der Waals surface area (Å²) in [4.78, 5) is 24.8. The van der Waals surface area contributed by atoms with E-state index < -0.39 is 56.8 Å². The fourth-order valence-electron chi connectivity index (χ4n) is 3.84. The zero-order valence-electron chi connectivity index (χ0n) is 20.7. The molecule has 2 atom stereocenters. The topological polar surface area (TPSA) is 76.1 Å². The van der Waals surface area contributed by atoms with Crippen LogP contribution in [0.3, 0.4) is 0 Å². The Morgan fingerprint density at radius 3 is 2.03 bits per heavy atom. The molecule has 0 bridgehead atoms. The van der Waals surface area contributed by atoms with E-state index in [0.29, 0.717) is 12.5 Å². The molecule has 1 heterocycles. The molecular weight excluding hydrogens is 497 g/mol. The van der Waals surface area contributed by atoms with E-state index >= 15 is 0 Å². The Labute approximate surface area is 202 Å². The van der Waals surface area contributed by atoms with Crippen molar-refractivity contribution in [1.82, 2.24) is 4.90 Å². The molecule has 0 aliphatic carbocycles. The van der Waals surface area contributed by atoms with Gasteiger partial charge in [-0.1, -0.05) is 25.5 Å². The van der Waals surface area contributed by atoms with Crippen molar-refractivity contribution in [3.63, 3.8) is 0 Å². The Morgan fingerprint density at radius 1 is 1.00 bits per heavy atom. The Morgan fingerprint density at radius 2 is 1.54 bits per heavy atom. The first kappa shape index (κ1) is 29.2. The standard InChI is InChI=1S/C23H34F5NO5S/c1-22(2,3)33-20(31)19(17-7-8-29(13-17)21(32)34-23(4,5)6)12-15-9-16(14-30)11-18(10-15)35(24,25,26,27)28/h9-11,17,19,30H,7-8,12-14H2,1-6H3/t17-,19-/m0/s1. The van der Waals surface area contributed by atoms with Crippen molar-refractivity contribution in [2.24, 2.45) is 11.8 Å². The van der Waals surface area contributed by atoms with Crippen LogP contribution in [0, 0.1) is 11.8 Å². The number of aliphatic hydroxyl groups is 1. The van der Waals surface area contributed by atoms with Gasteiger partial charge in [-0.15, -0.1) is 0 Å². The van der Waals surface area contributed by atoms with Gasteiger partial charge in [-0.2, -0.15) is 0 Å². The van der Waals surface area contributed by atoms with Crippen LogP contribution in [0.2, 0.25) is 0 Å². The lowest BCUT2D eigenvalue weighted by molar-refractivity contribution is -0.162. The molecule has 202 valence electrons. The van der Waals surface area contributed by atoms with E-state index in [-0.39, 0.29) is 36.7 Å². The molecule has 35 heavy (non-hydrogen) atoms. The minimum atomic E-state index is -10.0. The highest BCUT2D eigenvalue weighted by Gasteiger charge is 2.65. The van der Waals surface area contributed by atoms with E-state index in [0.717, 1.165) is 6.07 Å². The number of amides is 1. The first-order chi connectivity index (χ1) is 15.5. The number of ether oxygens (including phenoxy) is 2. The number of likely N-dealkylation sites (tertiary alicyclic amines) is 1. The van der Waals surface area contributed by atoms with E-state index in [2.05, 4.69) is 0 Å². The number of benzene rings is 1. The van der Waals surface area contributed by atoms with Gasteiger partial charge in [-0.25, -0.2) is 4.79 Å². The second-order valence-corrected chi connectivity index (χ2v) is 13.3. The summed E-state index contributed by atoms with van der Waals surface area (Å²) in [7, 11) is -10.0.